The number of aryl methyl sites for hydroxylation is 2. The molecule has 0 spiro atoms. The summed E-state index contributed by atoms with van der Waals surface area (Å²) >= 11 is 1.11. The number of benzene rings is 2. The number of hydrogen-bond donors (Lipinski definition) is 1. The van der Waals surface area contributed by atoms with Gasteiger partial charge < -0.3 is 14.5 Å². The Morgan fingerprint density at radius 1 is 1.12 bits per heavy atom. The van der Waals surface area contributed by atoms with E-state index < -0.39 is 10.0 Å². The second-order valence-electron chi connectivity index (χ2n) is 7.57. The van der Waals surface area contributed by atoms with E-state index in [1.54, 1.807) is 12.1 Å². The highest BCUT2D eigenvalue weighted by Gasteiger charge is 2.27. The number of amides is 1. The van der Waals surface area contributed by atoms with E-state index in [9.17, 15) is 13.2 Å². The molecule has 9 nitrogen and oxygen atoms in total. The molecule has 0 aliphatic carbocycles. The van der Waals surface area contributed by atoms with Crippen molar-refractivity contribution in [2.45, 2.75) is 24.0 Å². The molecule has 1 aliphatic rings. The van der Waals surface area contributed by atoms with Crippen molar-refractivity contribution in [2.75, 3.05) is 37.4 Å². The lowest BCUT2D eigenvalue weighted by atomic mass is 10.1. The molecule has 2 aromatic carbocycles. The van der Waals surface area contributed by atoms with E-state index in [1.165, 1.54) is 16.4 Å². The number of carbonyl (C=O) groups is 1. The van der Waals surface area contributed by atoms with E-state index in [0.717, 1.165) is 28.6 Å². The van der Waals surface area contributed by atoms with Crippen molar-refractivity contribution in [1.82, 2.24) is 14.5 Å². The van der Waals surface area contributed by atoms with Crippen molar-refractivity contribution < 1.29 is 22.4 Å². The number of aromatic nitrogens is 2. The molecule has 1 aromatic heterocycles. The van der Waals surface area contributed by atoms with Crippen molar-refractivity contribution in [2.24, 2.45) is 0 Å². The van der Waals surface area contributed by atoms with E-state index in [-0.39, 0.29) is 27.7 Å². The fraction of sp³-hybridized carbons (Fsp3) is 0.318. The molecule has 1 aliphatic heterocycles. The molecule has 4 rings (SSSR count). The number of morpholine rings is 1. The smallest absolute Gasteiger partial charge is 0.277 e. The number of thioether (sulfide) groups is 1. The molecule has 33 heavy (non-hydrogen) atoms. The van der Waals surface area contributed by atoms with Gasteiger partial charge >= 0.3 is 0 Å². The van der Waals surface area contributed by atoms with Gasteiger partial charge in [-0.3, -0.25) is 4.79 Å². The van der Waals surface area contributed by atoms with Crippen LogP contribution in [0.1, 0.15) is 11.1 Å². The minimum absolute atomic E-state index is 0.0976. The molecule has 3 aromatic rings. The number of carbonyl (C=O) groups excluding carboxylic acids is 1. The fourth-order valence-electron chi connectivity index (χ4n) is 3.38. The van der Waals surface area contributed by atoms with Crippen LogP contribution in [0.25, 0.3) is 11.5 Å². The number of nitrogens with one attached hydrogen (secondary N) is 1. The van der Waals surface area contributed by atoms with E-state index in [2.05, 4.69) is 15.5 Å². The van der Waals surface area contributed by atoms with Gasteiger partial charge in [0.25, 0.3) is 5.22 Å². The summed E-state index contributed by atoms with van der Waals surface area (Å²) in [7, 11) is -3.64. The van der Waals surface area contributed by atoms with Crippen LogP contribution in [-0.4, -0.2) is 60.9 Å². The van der Waals surface area contributed by atoms with Gasteiger partial charge in [-0.15, -0.1) is 10.2 Å². The Bertz CT molecular complexity index is 1250. The molecule has 174 valence electrons. The maximum absolute atomic E-state index is 12.9. The van der Waals surface area contributed by atoms with Gasteiger partial charge in [-0.25, -0.2) is 8.42 Å². The predicted octanol–water partition coefficient (Wildman–Crippen LogP) is 3.11. The molecule has 11 heteroatoms. The maximum atomic E-state index is 12.9. The third-order valence-corrected chi connectivity index (χ3v) is 7.79. The van der Waals surface area contributed by atoms with Crippen molar-refractivity contribution in [3.63, 3.8) is 0 Å². The molecule has 2 heterocycles. The third-order valence-electron chi connectivity index (χ3n) is 5.08. The Labute approximate surface area is 196 Å². The van der Waals surface area contributed by atoms with Gasteiger partial charge in [0, 0.05) is 24.3 Å². The first-order valence-electron chi connectivity index (χ1n) is 10.3. The molecule has 0 radical (unpaired) electrons. The molecule has 0 saturated carbocycles. The average Bonchev–Trinajstić information content (AvgIpc) is 3.29. The highest BCUT2D eigenvalue weighted by atomic mass is 32.2. The number of nitrogens with zero attached hydrogens (tertiary/aromatic N) is 3. The van der Waals surface area contributed by atoms with E-state index in [0.29, 0.717) is 31.9 Å². The van der Waals surface area contributed by atoms with Gasteiger partial charge in [-0.1, -0.05) is 35.5 Å². The van der Waals surface area contributed by atoms with Crippen LogP contribution in [0.5, 0.6) is 0 Å². The SMILES string of the molecule is Cc1ccc(NC(=O)CSc2nnc(-c3cccc(S(=O)(=O)N4CCOCC4)c3)o2)c(C)c1. The first-order valence-corrected chi connectivity index (χ1v) is 12.8. The minimum atomic E-state index is -3.64. The molecule has 0 bridgehead atoms. The fourth-order valence-corrected chi connectivity index (χ4v) is 5.40. The first kappa shape index (κ1) is 23.4. The monoisotopic (exact) mass is 488 g/mol. The van der Waals surface area contributed by atoms with Crippen LogP contribution < -0.4 is 5.32 Å². The zero-order valence-corrected chi connectivity index (χ0v) is 19.9. The molecule has 1 saturated heterocycles. The van der Waals surface area contributed by atoms with Crippen molar-refractivity contribution >= 4 is 33.4 Å². The summed E-state index contributed by atoms with van der Waals surface area (Å²) in [5.74, 6) is 0.0945. The van der Waals surface area contributed by atoms with Crippen LogP contribution in [0, 0.1) is 13.8 Å². The van der Waals surface area contributed by atoms with Gasteiger partial charge in [0.15, 0.2) is 0 Å². The van der Waals surface area contributed by atoms with Gasteiger partial charge in [0.2, 0.25) is 21.8 Å². The second-order valence-corrected chi connectivity index (χ2v) is 10.4. The van der Waals surface area contributed by atoms with Crippen LogP contribution in [-0.2, 0) is 19.6 Å². The van der Waals surface area contributed by atoms with E-state index in [4.69, 9.17) is 9.15 Å². The van der Waals surface area contributed by atoms with Crippen molar-refractivity contribution in [1.29, 1.82) is 0 Å². The van der Waals surface area contributed by atoms with Crippen LogP contribution in [0.4, 0.5) is 5.69 Å². The lowest BCUT2D eigenvalue weighted by Crippen LogP contribution is -2.40. The minimum Gasteiger partial charge on any atom is -0.411 e. The Morgan fingerprint density at radius 3 is 2.67 bits per heavy atom. The molecule has 1 fully saturated rings. The summed E-state index contributed by atoms with van der Waals surface area (Å²) < 4.78 is 38.1. The molecule has 1 amide bonds. The van der Waals surface area contributed by atoms with Crippen LogP contribution in [0.15, 0.2) is 57.0 Å². The molecular weight excluding hydrogens is 464 g/mol. The zero-order chi connectivity index (χ0) is 23.4. The number of anilines is 1. The van der Waals surface area contributed by atoms with Gasteiger partial charge in [0.1, 0.15) is 0 Å². The molecule has 0 atom stereocenters. The standard InChI is InChI=1S/C22H24N4O5S2/c1-15-6-7-19(16(2)12-15)23-20(27)14-32-22-25-24-21(31-22)17-4-3-5-18(13-17)33(28,29)26-8-10-30-11-9-26/h3-7,12-13H,8-11,14H2,1-2H3,(H,23,27). The molecule has 0 unspecified atom stereocenters. The predicted molar refractivity (Wildman–Crippen MR) is 125 cm³/mol. The first-order chi connectivity index (χ1) is 15.8. The number of hydrogen-bond acceptors (Lipinski definition) is 8. The Hall–Kier alpha value is -2.73. The van der Waals surface area contributed by atoms with Gasteiger partial charge in [-0.05, 0) is 43.7 Å². The maximum Gasteiger partial charge on any atom is 0.277 e. The van der Waals surface area contributed by atoms with Gasteiger partial charge in [0.05, 0.1) is 23.9 Å². The summed E-state index contributed by atoms with van der Waals surface area (Å²) in [5.41, 5.74) is 3.36. The summed E-state index contributed by atoms with van der Waals surface area (Å²) in [4.78, 5) is 12.5. The lowest BCUT2D eigenvalue weighted by molar-refractivity contribution is -0.113. The van der Waals surface area contributed by atoms with Crippen molar-refractivity contribution in [3.05, 3.63) is 53.6 Å². The lowest BCUT2D eigenvalue weighted by Gasteiger charge is -2.26. The summed E-state index contributed by atoms with van der Waals surface area (Å²) in [5, 5.41) is 11.1. The summed E-state index contributed by atoms with van der Waals surface area (Å²) in [6, 6.07) is 12.2. The Balaban J connectivity index is 1.41. The number of rotatable bonds is 7. The third kappa shape index (κ3) is 5.61. The van der Waals surface area contributed by atoms with Crippen LogP contribution in [0.2, 0.25) is 0 Å². The largest absolute Gasteiger partial charge is 0.411 e. The quantitative estimate of drug-likeness (QED) is 0.505. The van der Waals surface area contributed by atoms with Crippen LogP contribution in [0.3, 0.4) is 0 Å². The average molecular weight is 489 g/mol. The number of ether oxygens (including phenoxy) is 1. The topological polar surface area (TPSA) is 115 Å². The Morgan fingerprint density at radius 2 is 1.91 bits per heavy atom. The molecular formula is C22H24N4O5S2. The normalized spacial score (nSPS) is 14.8. The second kappa shape index (κ2) is 10.0. The highest BCUT2D eigenvalue weighted by molar-refractivity contribution is 7.99. The summed E-state index contributed by atoms with van der Waals surface area (Å²) in [6.07, 6.45) is 0. The highest BCUT2D eigenvalue weighted by Crippen LogP contribution is 2.27. The number of sulfonamides is 1. The van der Waals surface area contributed by atoms with Crippen LogP contribution >= 0.6 is 11.8 Å². The van der Waals surface area contributed by atoms with Crippen molar-refractivity contribution in [3.8, 4) is 11.5 Å². The van der Waals surface area contributed by atoms with Gasteiger partial charge in [-0.2, -0.15) is 4.31 Å². The Kier molecular flexibility index (Phi) is 7.13. The summed E-state index contributed by atoms with van der Waals surface area (Å²) in [6.45, 7) is 5.32. The van der Waals surface area contributed by atoms with E-state index >= 15 is 0 Å². The molecule has 1 N–H and O–H groups in total. The zero-order valence-electron chi connectivity index (χ0n) is 18.3. The van der Waals surface area contributed by atoms with E-state index in [1.807, 2.05) is 32.0 Å².